The third-order valence-electron chi connectivity index (χ3n) is 2.32. The summed E-state index contributed by atoms with van der Waals surface area (Å²) in [5.41, 5.74) is 6.45. The number of amides is 2. The molecule has 4 N–H and O–H groups in total. The van der Waals surface area contributed by atoms with Gasteiger partial charge in [0, 0.05) is 12.2 Å². The average Bonchev–Trinajstić information content (AvgIpc) is 2.34. The molecule has 0 saturated carbocycles. The molecular weight excluding hydrogens is 230 g/mol. The van der Waals surface area contributed by atoms with Gasteiger partial charge in [-0.15, -0.1) is 0 Å². The standard InChI is InChI=1S/C13H19N3O2/c1-9(2)7-15-12(17)8-16-13(18)10-5-3-4-6-11(10)14/h3-6,9H,7-8,14H2,1-2H3,(H,15,17)(H,16,18). The van der Waals surface area contributed by atoms with E-state index in [0.717, 1.165) is 0 Å². The Balaban J connectivity index is 2.42. The second kappa shape index (κ2) is 6.64. The maximum Gasteiger partial charge on any atom is 0.253 e. The van der Waals surface area contributed by atoms with Crippen LogP contribution in [0.15, 0.2) is 24.3 Å². The largest absolute Gasteiger partial charge is 0.398 e. The number of benzene rings is 1. The molecule has 98 valence electrons. The van der Waals surface area contributed by atoms with Gasteiger partial charge in [-0.25, -0.2) is 0 Å². The van der Waals surface area contributed by atoms with Gasteiger partial charge in [0.2, 0.25) is 5.91 Å². The first-order valence-corrected chi connectivity index (χ1v) is 5.90. The van der Waals surface area contributed by atoms with Crippen molar-refractivity contribution in [2.75, 3.05) is 18.8 Å². The molecule has 0 aliphatic rings. The van der Waals surface area contributed by atoms with E-state index in [1.54, 1.807) is 24.3 Å². The SMILES string of the molecule is CC(C)CNC(=O)CNC(=O)c1ccccc1N. The number of nitrogens with two attached hydrogens (primary N) is 1. The summed E-state index contributed by atoms with van der Waals surface area (Å²) in [5, 5.41) is 5.25. The lowest BCUT2D eigenvalue weighted by Crippen LogP contribution is -2.38. The highest BCUT2D eigenvalue weighted by Gasteiger charge is 2.10. The minimum Gasteiger partial charge on any atom is -0.398 e. The summed E-state index contributed by atoms with van der Waals surface area (Å²) in [6, 6.07) is 6.75. The van der Waals surface area contributed by atoms with Crippen LogP contribution < -0.4 is 16.4 Å². The molecule has 0 atom stereocenters. The van der Waals surface area contributed by atoms with Crippen LogP contribution in [0.1, 0.15) is 24.2 Å². The molecule has 0 spiro atoms. The van der Waals surface area contributed by atoms with E-state index in [9.17, 15) is 9.59 Å². The molecular formula is C13H19N3O2. The molecule has 0 unspecified atom stereocenters. The second-order valence-electron chi connectivity index (χ2n) is 4.47. The lowest BCUT2D eigenvalue weighted by molar-refractivity contribution is -0.120. The van der Waals surface area contributed by atoms with Crippen LogP contribution in [0.4, 0.5) is 5.69 Å². The average molecular weight is 249 g/mol. The molecule has 5 nitrogen and oxygen atoms in total. The van der Waals surface area contributed by atoms with E-state index in [1.807, 2.05) is 13.8 Å². The quantitative estimate of drug-likeness (QED) is 0.674. The van der Waals surface area contributed by atoms with E-state index in [1.165, 1.54) is 0 Å². The number of hydrogen-bond donors (Lipinski definition) is 3. The Morgan fingerprint density at radius 1 is 1.22 bits per heavy atom. The van der Waals surface area contributed by atoms with Crippen molar-refractivity contribution in [3.05, 3.63) is 29.8 Å². The predicted octanol–water partition coefficient (Wildman–Crippen LogP) is 0.771. The molecule has 5 heteroatoms. The van der Waals surface area contributed by atoms with Gasteiger partial charge in [-0.3, -0.25) is 9.59 Å². The number of carbonyl (C=O) groups is 2. The Bertz CT molecular complexity index is 430. The Hall–Kier alpha value is -2.04. The third kappa shape index (κ3) is 4.45. The number of carbonyl (C=O) groups excluding carboxylic acids is 2. The number of nitrogens with one attached hydrogen (secondary N) is 2. The highest BCUT2D eigenvalue weighted by molar-refractivity contribution is 6.00. The summed E-state index contributed by atoms with van der Waals surface area (Å²) < 4.78 is 0. The molecule has 1 rings (SSSR count). The van der Waals surface area contributed by atoms with Gasteiger partial charge in [0.25, 0.3) is 5.91 Å². The normalized spacial score (nSPS) is 10.2. The Morgan fingerprint density at radius 3 is 2.50 bits per heavy atom. The van der Waals surface area contributed by atoms with E-state index in [0.29, 0.717) is 23.7 Å². The fourth-order valence-electron chi connectivity index (χ4n) is 1.34. The van der Waals surface area contributed by atoms with Gasteiger partial charge in [0.1, 0.15) is 0 Å². The van der Waals surface area contributed by atoms with E-state index in [-0.39, 0.29) is 18.4 Å². The minimum atomic E-state index is -0.340. The van der Waals surface area contributed by atoms with E-state index < -0.39 is 0 Å². The summed E-state index contributed by atoms with van der Waals surface area (Å²) in [7, 11) is 0. The van der Waals surface area contributed by atoms with Gasteiger partial charge >= 0.3 is 0 Å². The first kappa shape index (κ1) is 14.0. The van der Waals surface area contributed by atoms with Crippen molar-refractivity contribution in [3.63, 3.8) is 0 Å². The Morgan fingerprint density at radius 2 is 1.89 bits per heavy atom. The van der Waals surface area contributed by atoms with Gasteiger partial charge in [-0.05, 0) is 18.1 Å². The summed E-state index contributed by atoms with van der Waals surface area (Å²) in [6.45, 7) is 4.56. The molecule has 0 aliphatic carbocycles. The lowest BCUT2D eigenvalue weighted by atomic mass is 10.1. The fraction of sp³-hybridized carbons (Fsp3) is 0.385. The molecule has 0 aromatic heterocycles. The van der Waals surface area contributed by atoms with Crippen molar-refractivity contribution >= 4 is 17.5 Å². The fourth-order valence-corrected chi connectivity index (χ4v) is 1.34. The third-order valence-corrected chi connectivity index (χ3v) is 2.32. The molecule has 1 aromatic carbocycles. The van der Waals surface area contributed by atoms with Crippen molar-refractivity contribution in [3.8, 4) is 0 Å². The van der Waals surface area contributed by atoms with Gasteiger partial charge in [-0.2, -0.15) is 0 Å². The number of para-hydroxylation sites is 1. The molecule has 0 radical (unpaired) electrons. The zero-order valence-electron chi connectivity index (χ0n) is 10.7. The summed E-state index contributed by atoms with van der Waals surface area (Å²) in [5.74, 6) is -0.159. The van der Waals surface area contributed by atoms with Gasteiger partial charge in [0.15, 0.2) is 0 Å². The zero-order valence-corrected chi connectivity index (χ0v) is 10.7. The van der Waals surface area contributed by atoms with Crippen molar-refractivity contribution < 1.29 is 9.59 Å². The molecule has 0 bridgehead atoms. The topological polar surface area (TPSA) is 84.2 Å². The molecule has 1 aromatic rings. The van der Waals surface area contributed by atoms with Crippen LogP contribution in [0.25, 0.3) is 0 Å². The van der Waals surface area contributed by atoms with Crippen molar-refractivity contribution in [2.24, 2.45) is 5.92 Å². The summed E-state index contributed by atoms with van der Waals surface area (Å²) >= 11 is 0. The van der Waals surface area contributed by atoms with E-state index in [4.69, 9.17) is 5.73 Å². The molecule has 0 fully saturated rings. The minimum absolute atomic E-state index is 0.0418. The molecule has 0 saturated heterocycles. The highest BCUT2D eigenvalue weighted by Crippen LogP contribution is 2.09. The molecule has 18 heavy (non-hydrogen) atoms. The number of nitrogen functional groups attached to an aromatic ring is 1. The zero-order chi connectivity index (χ0) is 13.5. The van der Waals surface area contributed by atoms with Crippen LogP contribution in [0.2, 0.25) is 0 Å². The lowest BCUT2D eigenvalue weighted by Gasteiger charge is -2.09. The van der Waals surface area contributed by atoms with E-state index in [2.05, 4.69) is 10.6 Å². The van der Waals surface area contributed by atoms with E-state index >= 15 is 0 Å². The van der Waals surface area contributed by atoms with Crippen molar-refractivity contribution in [1.82, 2.24) is 10.6 Å². The van der Waals surface area contributed by atoms with Crippen molar-refractivity contribution in [1.29, 1.82) is 0 Å². The maximum absolute atomic E-state index is 11.7. The number of rotatable bonds is 5. The van der Waals surface area contributed by atoms with Gasteiger partial charge in [-0.1, -0.05) is 26.0 Å². The predicted molar refractivity (Wildman–Crippen MR) is 71.0 cm³/mol. The summed E-state index contributed by atoms with van der Waals surface area (Å²) in [6.07, 6.45) is 0. The number of anilines is 1. The second-order valence-corrected chi connectivity index (χ2v) is 4.47. The Labute approximate surface area is 107 Å². The monoisotopic (exact) mass is 249 g/mol. The smallest absolute Gasteiger partial charge is 0.253 e. The van der Waals surface area contributed by atoms with Crippen LogP contribution in [-0.2, 0) is 4.79 Å². The van der Waals surface area contributed by atoms with Crippen molar-refractivity contribution in [2.45, 2.75) is 13.8 Å². The van der Waals surface area contributed by atoms with Crippen LogP contribution in [0.3, 0.4) is 0 Å². The first-order chi connectivity index (χ1) is 8.50. The number of hydrogen-bond acceptors (Lipinski definition) is 3. The van der Waals surface area contributed by atoms with Crippen LogP contribution in [0.5, 0.6) is 0 Å². The van der Waals surface area contributed by atoms with Crippen LogP contribution in [0, 0.1) is 5.92 Å². The van der Waals surface area contributed by atoms with Gasteiger partial charge in [0.05, 0.1) is 12.1 Å². The molecule has 0 heterocycles. The van der Waals surface area contributed by atoms with Gasteiger partial charge < -0.3 is 16.4 Å². The van der Waals surface area contributed by atoms with Crippen LogP contribution >= 0.6 is 0 Å². The van der Waals surface area contributed by atoms with Crippen LogP contribution in [-0.4, -0.2) is 24.9 Å². The highest BCUT2D eigenvalue weighted by atomic mass is 16.2. The maximum atomic E-state index is 11.7. The molecule has 2 amide bonds. The Kier molecular flexibility index (Phi) is 5.17. The molecule has 0 aliphatic heterocycles. The first-order valence-electron chi connectivity index (χ1n) is 5.90. The summed E-state index contributed by atoms with van der Waals surface area (Å²) in [4.78, 5) is 23.1.